The van der Waals surface area contributed by atoms with Crippen molar-refractivity contribution in [2.75, 3.05) is 149 Å². The van der Waals surface area contributed by atoms with Crippen LogP contribution in [0.3, 0.4) is 0 Å². The lowest BCUT2D eigenvalue weighted by Crippen LogP contribution is -2.69. The van der Waals surface area contributed by atoms with Crippen molar-refractivity contribution in [2.45, 2.75) is 297 Å². The van der Waals surface area contributed by atoms with E-state index in [4.69, 9.17) is 114 Å². The maximum absolute atomic E-state index is 12.5. The average Bonchev–Trinajstić information content (AvgIpc) is 0.768. The first-order valence-corrected chi connectivity index (χ1v) is 52.8. The molecule has 30 saturated heterocycles. The molecule has 48 nitrogen and oxygen atoms in total. The first kappa shape index (κ1) is 117. The van der Waals surface area contributed by atoms with Crippen LogP contribution in [0.4, 0.5) is 0 Å². The van der Waals surface area contributed by atoms with Gasteiger partial charge in [-0.2, -0.15) is 94.1 Å². The fourth-order valence-corrected chi connectivity index (χ4v) is 23.3. The number of aliphatic hydroxyl groups is 16. The molecule has 0 saturated carbocycles. The quantitative estimate of drug-likeness (QED) is 0.0154. The van der Waals surface area contributed by atoms with Crippen molar-refractivity contribution in [1.29, 1.82) is 0 Å². The third kappa shape index (κ3) is 32.6. The summed E-state index contributed by atoms with van der Waals surface area (Å²) in [5, 5.41) is 198. The Morgan fingerprint density at radius 1 is 0.169 bits per heavy atom. The molecule has 0 radical (unpaired) electrons. The minimum Gasteiger partial charge on any atom is -0.469 e. The molecule has 30 heterocycles. The Balaban J connectivity index is 1.13. The van der Waals surface area contributed by atoms with Crippen LogP contribution in [0, 0.1) is 0 Å². The van der Waals surface area contributed by atoms with Gasteiger partial charge in [-0.3, -0.25) is 38.4 Å². The van der Waals surface area contributed by atoms with E-state index in [1.807, 2.05) is 0 Å². The predicted octanol–water partition coefficient (Wildman–Crippen LogP) is -6.97. The molecule has 1 unspecified atom stereocenters. The van der Waals surface area contributed by atoms with Crippen LogP contribution in [0.15, 0.2) is 0 Å². The molecule has 16 N–H and O–H groups in total. The highest BCUT2D eigenvalue weighted by molar-refractivity contribution is 8.00. The lowest BCUT2D eigenvalue weighted by molar-refractivity contribution is -0.396. The molecule has 56 heteroatoms. The van der Waals surface area contributed by atoms with Gasteiger partial charge in [-0.15, -0.1) is 0 Å². The largest absolute Gasteiger partial charge is 0.469 e. The third-order valence-corrected chi connectivity index (χ3v) is 31.6. The maximum atomic E-state index is 12.5. The first-order chi connectivity index (χ1) is 65.0. The molecule has 40 atom stereocenters. The van der Waals surface area contributed by atoms with E-state index in [1.165, 1.54) is 0 Å². The number of aliphatic hydroxyl groups excluding tert-OH is 16. The van der Waals surface area contributed by atoms with Crippen LogP contribution < -0.4 is 0 Å². The van der Waals surface area contributed by atoms with Crippen LogP contribution in [0.25, 0.3) is 0 Å². The van der Waals surface area contributed by atoms with Gasteiger partial charge < -0.3 is 195 Å². The van der Waals surface area contributed by atoms with E-state index >= 15 is 0 Å². The molecule has 30 aliphatic heterocycles. The van der Waals surface area contributed by atoms with E-state index in [1.54, 1.807) is 0 Å². The second-order valence-corrected chi connectivity index (χ2v) is 41.4. The number of carbonyl (C=O) groups excluding carboxylic acids is 8. The zero-order valence-electron chi connectivity index (χ0n) is 75.5. The Kier molecular flexibility index (Phi) is 50.3. The van der Waals surface area contributed by atoms with E-state index in [0.717, 1.165) is 151 Å². The third-order valence-electron chi connectivity index (χ3n) is 23.1. The van der Waals surface area contributed by atoms with Gasteiger partial charge in [-0.1, -0.05) is 0 Å². The predicted molar refractivity (Wildman–Crippen MR) is 476 cm³/mol. The van der Waals surface area contributed by atoms with Crippen LogP contribution in [-0.2, 0) is 152 Å². The number of thioether (sulfide) groups is 8. The second-order valence-electron chi connectivity index (χ2n) is 32.2. The van der Waals surface area contributed by atoms with Crippen molar-refractivity contribution in [3.8, 4) is 0 Å². The molecule has 0 amide bonds. The number of methoxy groups -OCH3 is 8. The van der Waals surface area contributed by atoms with E-state index in [-0.39, 0.29) is 143 Å². The topological polar surface area (TPSA) is 682 Å². The van der Waals surface area contributed by atoms with Gasteiger partial charge in [0.2, 0.25) is 0 Å². The standard InChI is InChI=1S/C80H128O48S8/c1-105-41(81)9-17-129-25-33-65-49(89)57(97)73(113-33)122-66-34(26-130-18-10-42(82)106-2)115-75(59(99)51(66)91)124-68-36(28-132-20-12-44(84)108-4)117-77(61(101)53(68)93)126-70-38(30-134-22-14-46(86)110-6)119-79(63(103)55(70)95)128-72-40(32-136-24-16-48(88)112-8)120-80(64(104)56(72)96)127-71-39(31-135-23-15-47(87)111-7)118-78(62(102)54(71)94)125-69-37(29-133-21-13-45(85)109-5)116-76(60(100)52(69)92)123-67-35(27-131-19-11-43(83)107-3)114-74(121-65)58(98)50(67)90/h33-40,49-80,89-104H,9-32H2,1-8H3/t33-,34-,35-,36-,37-,38-,39-,40-,49-,50-,51-,52-,53-,54-,55-,56-,57-,58-,59-,60-,61-,62-,63-,64-,65-,66-,67-,68-,69-,70-,71-,72?,73-,74-,75-,76-,77-,78-,79-,80-/m1/s1. The molecule has 30 aliphatic rings. The number of carbonyl (C=O) groups is 8. The summed E-state index contributed by atoms with van der Waals surface area (Å²) < 4.78 is 141. The highest BCUT2D eigenvalue weighted by Crippen LogP contribution is 2.43. The summed E-state index contributed by atoms with van der Waals surface area (Å²) in [5.41, 5.74) is 0. The highest BCUT2D eigenvalue weighted by Gasteiger charge is 2.61. The molecule has 0 aromatic heterocycles. The summed E-state index contributed by atoms with van der Waals surface area (Å²) in [4.78, 5) is 99.8. The van der Waals surface area contributed by atoms with Crippen molar-refractivity contribution < 1.29 is 234 Å². The fraction of sp³-hybridized carbons (Fsp3) is 0.900. The van der Waals surface area contributed by atoms with Crippen LogP contribution in [0.1, 0.15) is 51.4 Å². The van der Waals surface area contributed by atoms with Crippen molar-refractivity contribution in [2.24, 2.45) is 0 Å². The minimum atomic E-state index is -2.25. The zero-order valence-corrected chi connectivity index (χ0v) is 82.1. The van der Waals surface area contributed by atoms with Crippen LogP contribution in [0.2, 0.25) is 0 Å². The summed E-state index contributed by atoms with van der Waals surface area (Å²) in [6.45, 7) is 0. The van der Waals surface area contributed by atoms with E-state index in [9.17, 15) is 120 Å². The number of hydrogen-bond donors (Lipinski definition) is 16. The van der Waals surface area contributed by atoms with E-state index in [0.29, 0.717) is 0 Å². The van der Waals surface area contributed by atoms with Crippen LogP contribution in [0.5, 0.6) is 0 Å². The van der Waals surface area contributed by atoms with Gasteiger partial charge in [0, 0.05) is 92.0 Å². The van der Waals surface area contributed by atoms with Crippen molar-refractivity contribution in [3.63, 3.8) is 0 Å². The monoisotopic (exact) mass is 2110 g/mol. The number of ether oxygens (including phenoxy) is 24. The van der Waals surface area contributed by atoms with Crippen LogP contribution in [-0.4, -0.2) is 524 Å². The normalized spacial score (nSPS) is 39.6. The summed E-state index contributed by atoms with van der Waals surface area (Å²) in [6.07, 6.45) is -80.5. The molecule has 0 spiro atoms. The minimum absolute atomic E-state index is 0.0146. The van der Waals surface area contributed by atoms with Crippen molar-refractivity contribution in [1.82, 2.24) is 0 Å². The summed E-state index contributed by atoms with van der Waals surface area (Å²) >= 11 is 8.18. The molecule has 0 aliphatic carbocycles. The number of rotatable bonds is 40. The number of hydrogen-bond acceptors (Lipinski definition) is 56. The Bertz CT molecular complexity index is 2960. The highest BCUT2D eigenvalue weighted by atomic mass is 32.2. The Morgan fingerprint density at radius 3 is 0.353 bits per heavy atom. The lowest BCUT2D eigenvalue weighted by atomic mass is 9.95. The van der Waals surface area contributed by atoms with E-state index < -0.39 is 293 Å². The summed E-state index contributed by atoms with van der Waals surface area (Å²) in [5.74, 6) is -7.18. The average molecular weight is 2110 g/mol. The molecule has 30 rings (SSSR count). The molecule has 30 fully saturated rings. The fourth-order valence-electron chi connectivity index (χ4n) is 15.5. The second kappa shape index (κ2) is 58.6. The Labute approximate surface area is 816 Å². The lowest BCUT2D eigenvalue weighted by Gasteiger charge is -2.51. The number of esters is 8. The Hall–Kier alpha value is -2.72. The van der Waals surface area contributed by atoms with E-state index in [2.05, 4.69) is 0 Å². The van der Waals surface area contributed by atoms with Gasteiger partial charge in [-0.25, -0.2) is 0 Å². The molecule has 784 valence electrons. The molecule has 136 heavy (non-hydrogen) atoms. The van der Waals surface area contributed by atoms with Crippen LogP contribution >= 0.6 is 94.1 Å². The van der Waals surface area contributed by atoms with Gasteiger partial charge in [-0.05, 0) is 0 Å². The zero-order chi connectivity index (χ0) is 99.3. The maximum Gasteiger partial charge on any atom is 0.306 e. The molecular formula is C80H128O48S8. The molecule has 0 aromatic rings. The van der Waals surface area contributed by atoms with Gasteiger partial charge in [0.05, 0.1) is 157 Å². The van der Waals surface area contributed by atoms with Gasteiger partial charge in [0.25, 0.3) is 0 Å². The van der Waals surface area contributed by atoms with Gasteiger partial charge >= 0.3 is 47.8 Å². The SMILES string of the molecule is COC(=O)CCSC[C@H]1O[C@@H]2O[C@H]3[C@H](O)[C@@H](O)[C@@H](O[C@H]4[C@H](O)[C@@H](O)[C@@H](O[C@H]5[C@H](O)[C@@H](O)[C@@H](O[C@H]6[C@H](O)[C@@H](O)[C@@H](O[C@H]7[C@H](O)[C@@H](O)[C@@H](O[C@H]8[C@H](O)[C@@H](O)[C@@H](O[C@H]9[C@H](O)[C@@H](O)[C@@H](OC1[C@H](O)[C@H]2O)O[C@@H]9CSCCC(=O)OC)O[C@@H]8CSCCC(=O)OC)O[C@@H]7CSCCC(=O)OC)O[C@@H]6CSCCC(=O)OC)O[C@@H]5CSCCC(=O)OC)O[C@@H]4CSCCC(=O)OC)O[C@@H]3CSCCC(=O)OC. The van der Waals surface area contributed by atoms with Gasteiger partial charge in [0.15, 0.2) is 50.3 Å². The molecule has 16 bridgehead atoms. The molecular weight excluding hydrogens is 1990 g/mol. The Morgan fingerprint density at radius 2 is 0.265 bits per heavy atom. The van der Waals surface area contributed by atoms with Crippen molar-refractivity contribution >= 4 is 142 Å². The smallest absolute Gasteiger partial charge is 0.306 e. The van der Waals surface area contributed by atoms with Gasteiger partial charge in [0.1, 0.15) is 146 Å². The van der Waals surface area contributed by atoms with Crippen molar-refractivity contribution in [3.05, 3.63) is 0 Å². The molecule has 0 aromatic carbocycles. The first-order valence-electron chi connectivity index (χ1n) is 43.6. The summed E-state index contributed by atoms with van der Waals surface area (Å²) in [7, 11) is 9.23. The summed E-state index contributed by atoms with van der Waals surface area (Å²) in [6, 6.07) is 0.